The molecule has 0 heterocycles. The zero-order valence-corrected chi connectivity index (χ0v) is 12.7. The van der Waals surface area contributed by atoms with Crippen LogP contribution in [0.2, 0.25) is 0 Å². The molecule has 0 aliphatic heterocycles. The molecule has 0 aliphatic rings. The number of thioether (sulfide) groups is 1. The molecule has 5 nitrogen and oxygen atoms in total. The Labute approximate surface area is 128 Å². The fourth-order valence-corrected chi connectivity index (χ4v) is 2.38. The first kappa shape index (κ1) is 17.3. The maximum absolute atomic E-state index is 11.8. The van der Waals surface area contributed by atoms with Gasteiger partial charge >= 0.3 is 5.97 Å². The fraction of sp³-hybridized carbons (Fsp3) is 0.333. The third kappa shape index (κ3) is 6.46. The minimum atomic E-state index is -1.12. The van der Waals surface area contributed by atoms with Crippen LogP contribution < -0.4 is 5.32 Å². The molecule has 0 saturated heterocycles. The summed E-state index contributed by atoms with van der Waals surface area (Å²) in [6.45, 7) is 5.60. The van der Waals surface area contributed by atoms with Crippen molar-refractivity contribution in [1.29, 1.82) is 0 Å². The van der Waals surface area contributed by atoms with Gasteiger partial charge in [0, 0.05) is 4.90 Å². The zero-order valence-electron chi connectivity index (χ0n) is 11.9. The molecule has 1 aromatic carbocycles. The van der Waals surface area contributed by atoms with Gasteiger partial charge in [-0.15, -0.1) is 18.3 Å². The molecular formula is C15H19NO4S. The molecule has 1 amide bonds. The van der Waals surface area contributed by atoms with Crippen LogP contribution in [0.4, 0.5) is 0 Å². The van der Waals surface area contributed by atoms with Gasteiger partial charge in [0.05, 0.1) is 19.0 Å². The molecule has 6 heteroatoms. The Morgan fingerprint density at radius 1 is 1.48 bits per heavy atom. The van der Waals surface area contributed by atoms with E-state index >= 15 is 0 Å². The summed E-state index contributed by atoms with van der Waals surface area (Å²) in [6.07, 6.45) is 1.52. The summed E-state index contributed by atoms with van der Waals surface area (Å²) in [7, 11) is 0. The van der Waals surface area contributed by atoms with E-state index < -0.39 is 12.0 Å². The summed E-state index contributed by atoms with van der Waals surface area (Å²) >= 11 is 1.38. The van der Waals surface area contributed by atoms with E-state index in [1.54, 1.807) is 0 Å². The zero-order chi connectivity index (χ0) is 15.7. The number of benzene rings is 1. The van der Waals surface area contributed by atoms with Gasteiger partial charge in [-0.1, -0.05) is 24.3 Å². The van der Waals surface area contributed by atoms with Crippen molar-refractivity contribution in [3.8, 4) is 0 Å². The number of hydrogen-bond donors (Lipinski definition) is 2. The number of rotatable bonds is 9. The number of carboxylic acids is 1. The number of aliphatic carboxylic acids is 1. The van der Waals surface area contributed by atoms with Crippen LogP contribution in [0, 0.1) is 6.92 Å². The molecule has 1 aromatic rings. The summed E-state index contributed by atoms with van der Waals surface area (Å²) < 4.78 is 5.07. The quantitative estimate of drug-likeness (QED) is 0.414. The summed E-state index contributed by atoms with van der Waals surface area (Å²) in [5.74, 6) is -1.29. The monoisotopic (exact) mass is 309 g/mol. The van der Waals surface area contributed by atoms with Gasteiger partial charge in [-0.25, -0.2) is 4.79 Å². The summed E-state index contributed by atoms with van der Waals surface area (Å²) in [5, 5.41) is 11.5. The fourth-order valence-electron chi connectivity index (χ4n) is 1.54. The number of hydrogen-bond acceptors (Lipinski definition) is 4. The van der Waals surface area contributed by atoms with Gasteiger partial charge in [-0.3, -0.25) is 4.79 Å². The van der Waals surface area contributed by atoms with Crippen molar-refractivity contribution in [2.24, 2.45) is 0 Å². The molecule has 0 aromatic heterocycles. The van der Waals surface area contributed by atoms with E-state index in [2.05, 4.69) is 11.9 Å². The first-order valence-corrected chi connectivity index (χ1v) is 7.42. The van der Waals surface area contributed by atoms with Crippen molar-refractivity contribution >= 4 is 23.6 Å². The lowest BCUT2D eigenvalue weighted by atomic mass is 10.2. The van der Waals surface area contributed by atoms with E-state index in [-0.39, 0.29) is 24.9 Å². The van der Waals surface area contributed by atoms with Crippen LogP contribution in [0.25, 0.3) is 0 Å². The van der Waals surface area contributed by atoms with E-state index in [4.69, 9.17) is 9.84 Å². The van der Waals surface area contributed by atoms with E-state index in [0.717, 1.165) is 10.5 Å². The molecule has 1 atom stereocenters. The van der Waals surface area contributed by atoms with Crippen molar-refractivity contribution in [2.45, 2.75) is 17.9 Å². The number of carbonyl (C=O) groups excluding carboxylic acids is 1. The lowest BCUT2D eigenvalue weighted by Crippen LogP contribution is -2.44. The van der Waals surface area contributed by atoms with E-state index in [1.807, 2.05) is 31.2 Å². The highest BCUT2D eigenvalue weighted by Gasteiger charge is 2.20. The number of ether oxygens (including phenoxy) is 1. The molecule has 0 spiro atoms. The van der Waals surface area contributed by atoms with Gasteiger partial charge in [0.1, 0.15) is 0 Å². The standard InChI is InChI=1S/C15H19NO4S/c1-3-8-20-9-12(15(18)19)16-14(17)10-21-13-7-5-4-6-11(13)2/h3-7,12H,1,8-10H2,2H3,(H,16,17)(H,18,19). The summed E-state index contributed by atoms with van der Waals surface area (Å²) in [5.41, 5.74) is 1.08. The topological polar surface area (TPSA) is 75.6 Å². The summed E-state index contributed by atoms with van der Waals surface area (Å²) in [6, 6.07) is 6.67. The highest BCUT2D eigenvalue weighted by molar-refractivity contribution is 8.00. The molecule has 0 fully saturated rings. The second-order valence-corrected chi connectivity index (χ2v) is 5.36. The predicted molar refractivity (Wildman–Crippen MR) is 82.5 cm³/mol. The van der Waals surface area contributed by atoms with Gasteiger partial charge in [-0.05, 0) is 18.6 Å². The lowest BCUT2D eigenvalue weighted by Gasteiger charge is -2.14. The maximum atomic E-state index is 11.8. The van der Waals surface area contributed by atoms with Gasteiger partial charge in [0.2, 0.25) is 5.91 Å². The Bertz CT molecular complexity index is 504. The second kappa shape index (κ2) is 9.20. The molecule has 1 rings (SSSR count). The second-order valence-electron chi connectivity index (χ2n) is 4.34. The van der Waals surface area contributed by atoms with Crippen molar-refractivity contribution < 1.29 is 19.4 Å². The van der Waals surface area contributed by atoms with E-state index in [0.29, 0.717) is 0 Å². The number of carboxylic acid groups (broad SMARTS) is 1. The van der Waals surface area contributed by atoms with Gasteiger partial charge in [0.15, 0.2) is 6.04 Å². The SMILES string of the molecule is C=CCOCC(NC(=O)CSc1ccccc1C)C(=O)O. The van der Waals surface area contributed by atoms with Crippen molar-refractivity contribution in [1.82, 2.24) is 5.32 Å². The number of amides is 1. The Balaban J connectivity index is 2.45. The molecule has 0 bridgehead atoms. The highest BCUT2D eigenvalue weighted by Crippen LogP contribution is 2.21. The molecule has 2 N–H and O–H groups in total. The third-order valence-corrected chi connectivity index (χ3v) is 3.78. The molecule has 114 valence electrons. The molecule has 0 radical (unpaired) electrons. The van der Waals surface area contributed by atoms with Crippen molar-refractivity contribution in [3.05, 3.63) is 42.5 Å². The smallest absolute Gasteiger partial charge is 0.328 e. The van der Waals surface area contributed by atoms with Crippen LogP contribution in [0.1, 0.15) is 5.56 Å². The van der Waals surface area contributed by atoms with Crippen LogP contribution >= 0.6 is 11.8 Å². The van der Waals surface area contributed by atoms with Crippen LogP contribution in [-0.4, -0.2) is 42.0 Å². The van der Waals surface area contributed by atoms with Gasteiger partial charge in [0.25, 0.3) is 0 Å². The van der Waals surface area contributed by atoms with E-state index in [9.17, 15) is 9.59 Å². The lowest BCUT2D eigenvalue weighted by molar-refractivity contribution is -0.143. The van der Waals surface area contributed by atoms with Crippen LogP contribution in [0.5, 0.6) is 0 Å². The van der Waals surface area contributed by atoms with Crippen LogP contribution in [0.15, 0.2) is 41.8 Å². The Morgan fingerprint density at radius 3 is 2.81 bits per heavy atom. The maximum Gasteiger partial charge on any atom is 0.328 e. The average Bonchev–Trinajstić information content (AvgIpc) is 2.45. The predicted octanol–water partition coefficient (Wildman–Crippen LogP) is 1.86. The third-order valence-electron chi connectivity index (χ3n) is 2.61. The van der Waals surface area contributed by atoms with Crippen LogP contribution in [0.3, 0.4) is 0 Å². The molecule has 21 heavy (non-hydrogen) atoms. The first-order valence-electron chi connectivity index (χ1n) is 6.44. The largest absolute Gasteiger partial charge is 0.480 e. The normalized spacial score (nSPS) is 11.7. The Hall–Kier alpha value is -1.79. The van der Waals surface area contributed by atoms with Crippen molar-refractivity contribution in [3.63, 3.8) is 0 Å². The van der Waals surface area contributed by atoms with Crippen molar-refractivity contribution in [2.75, 3.05) is 19.0 Å². The van der Waals surface area contributed by atoms with E-state index in [1.165, 1.54) is 17.8 Å². The highest BCUT2D eigenvalue weighted by atomic mass is 32.2. The number of nitrogens with one attached hydrogen (secondary N) is 1. The Morgan fingerprint density at radius 2 is 2.19 bits per heavy atom. The number of aryl methyl sites for hydroxylation is 1. The molecule has 0 saturated carbocycles. The van der Waals surface area contributed by atoms with Crippen LogP contribution in [-0.2, 0) is 14.3 Å². The first-order chi connectivity index (χ1) is 10.0. The molecular weight excluding hydrogens is 290 g/mol. The number of carbonyl (C=O) groups is 2. The summed E-state index contributed by atoms with van der Waals surface area (Å²) in [4.78, 5) is 23.8. The molecule has 1 unspecified atom stereocenters. The minimum absolute atomic E-state index is 0.0812. The molecule has 0 aliphatic carbocycles. The average molecular weight is 309 g/mol. The Kier molecular flexibility index (Phi) is 7.56. The van der Waals surface area contributed by atoms with Gasteiger partial charge in [-0.2, -0.15) is 0 Å². The van der Waals surface area contributed by atoms with Gasteiger partial charge < -0.3 is 15.2 Å². The minimum Gasteiger partial charge on any atom is -0.480 e.